The highest BCUT2D eigenvalue weighted by Gasteiger charge is 2.50. The van der Waals surface area contributed by atoms with Crippen LogP contribution in [0.3, 0.4) is 0 Å². The summed E-state index contributed by atoms with van der Waals surface area (Å²) >= 11 is 6.18. The third kappa shape index (κ3) is 4.02. The Balaban J connectivity index is 1.99. The average molecular weight is 463 g/mol. The molecule has 2 fully saturated rings. The van der Waals surface area contributed by atoms with Crippen LogP contribution < -0.4 is 4.31 Å². The molecule has 8 nitrogen and oxygen atoms in total. The van der Waals surface area contributed by atoms with Gasteiger partial charge in [0.25, 0.3) is 5.91 Å². The van der Waals surface area contributed by atoms with E-state index in [0.29, 0.717) is 17.3 Å². The van der Waals surface area contributed by atoms with Crippen molar-refractivity contribution in [3.63, 3.8) is 0 Å². The van der Waals surface area contributed by atoms with Crippen LogP contribution in [0.2, 0.25) is 5.02 Å². The third-order valence-corrected chi connectivity index (χ3v) is 9.32. The molecule has 0 aliphatic carbocycles. The zero-order valence-corrected chi connectivity index (χ0v) is 18.8. The van der Waals surface area contributed by atoms with Crippen LogP contribution in [0.4, 0.5) is 5.69 Å². The van der Waals surface area contributed by atoms with E-state index in [4.69, 9.17) is 11.6 Å². The molecule has 160 valence electrons. The lowest BCUT2D eigenvalue weighted by Crippen LogP contribution is -2.41. The van der Waals surface area contributed by atoms with Gasteiger partial charge >= 0.3 is 0 Å². The molecule has 0 spiro atoms. The molecule has 1 unspecified atom stereocenters. The van der Waals surface area contributed by atoms with Gasteiger partial charge in [0, 0.05) is 18.2 Å². The van der Waals surface area contributed by atoms with Crippen molar-refractivity contribution in [3.05, 3.63) is 28.8 Å². The van der Waals surface area contributed by atoms with Crippen molar-refractivity contribution in [1.29, 1.82) is 0 Å². The molecule has 2 aliphatic rings. The van der Waals surface area contributed by atoms with Gasteiger partial charge in [-0.1, -0.05) is 11.6 Å². The monoisotopic (exact) mass is 462 g/mol. The maximum Gasteiger partial charge on any atom is 0.254 e. The highest BCUT2D eigenvalue weighted by Crippen LogP contribution is 2.39. The standard InChI is InChI=1S/C18H23ClN2O6S2/c1-4-20(13-7-8-28(24,25)10-13)16(22)12-5-6-14(19)15(9-12)21-17(23)18(2,3)11-29(21,26)27/h5-6,9,13H,4,7-8,10-11H2,1-3H3. The van der Waals surface area contributed by atoms with Gasteiger partial charge in [-0.3, -0.25) is 9.59 Å². The predicted molar refractivity (Wildman–Crippen MR) is 110 cm³/mol. The van der Waals surface area contributed by atoms with Crippen molar-refractivity contribution in [1.82, 2.24) is 4.90 Å². The summed E-state index contributed by atoms with van der Waals surface area (Å²) < 4.78 is 49.4. The summed E-state index contributed by atoms with van der Waals surface area (Å²) in [6, 6.07) is 3.66. The summed E-state index contributed by atoms with van der Waals surface area (Å²) in [5.74, 6) is -1.47. The Morgan fingerprint density at radius 1 is 1.28 bits per heavy atom. The average Bonchev–Trinajstić information content (AvgIpc) is 3.02. The van der Waals surface area contributed by atoms with Crippen LogP contribution in [0.5, 0.6) is 0 Å². The molecule has 3 rings (SSSR count). The molecule has 29 heavy (non-hydrogen) atoms. The van der Waals surface area contributed by atoms with Gasteiger partial charge in [0.15, 0.2) is 9.84 Å². The van der Waals surface area contributed by atoms with E-state index in [0.717, 1.165) is 0 Å². The maximum atomic E-state index is 13.1. The van der Waals surface area contributed by atoms with Crippen molar-refractivity contribution in [2.45, 2.75) is 33.2 Å². The van der Waals surface area contributed by atoms with Gasteiger partial charge in [0.05, 0.1) is 33.4 Å². The molecule has 0 saturated carbocycles. The van der Waals surface area contributed by atoms with E-state index >= 15 is 0 Å². The van der Waals surface area contributed by atoms with Crippen LogP contribution in [0.15, 0.2) is 18.2 Å². The van der Waals surface area contributed by atoms with E-state index in [1.807, 2.05) is 0 Å². The minimum atomic E-state index is -3.92. The van der Waals surface area contributed by atoms with Crippen molar-refractivity contribution >= 4 is 49.0 Å². The summed E-state index contributed by atoms with van der Waals surface area (Å²) in [6.45, 7) is 5.12. The number of hydrogen-bond donors (Lipinski definition) is 0. The molecule has 11 heteroatoms. The molecular formula is C18H23ClN2O6S2. The molecule has 2 aliphatic heterocycles. The Kier molecular flexibility index (Phi) is 5.51. The number of nitrogens with zero attached hydrogens (tertiary/aromatic N) is 2. The smallest absolute Gasteiger partial charge is 0.254 e. The van der Waals surface area contributed by atoms with Gasteiger partial charge in [-0.05, 0) is 45.4 Å². The minimum absolute atomic E-state index is 0.0302. The lowest BCUT2D eigenvalue weighted by molar-refractivity contribution is -0.123. The van der Waals surface area contributed by atoms with E-state index in [1.54, 1.807) is 6.92 Å². The normalized spacial score (nSPS) is 24.6. The second-order valence-corrected chi connectivity index (χ2v) is 12.5. The molecule has 0 aromatic heterocycles. The molecule has 2 saturated heterocycles. The fourth-order valence-corrected chi connectivity index (χ4v) is 7.90. The van der Waals surface area contributed by atoms with E-state index in [-0.39, 0.29) is 33.5 Å². The first-order chi connectivity index (χ1) is 13.3. The van der Waals surface area contributed by atoms with Gasteiger partial charge in [-0.2, -0.15) is 0 Å². The van der Waals surface area contributed by atoms with Crippen molar-refractivity contribution in [2.24, 2.45) is 5.41 Å². The Bertz CT molecular complexity index is 1080. The van der Waals surface area contributed by atoms with Gasteiger partial charge < -0.3 is 4.90 Å². The third-order valence-electron chi connectivity index (χ3n) is 5.25. The molecule has 0 N–H and O–H groups in total. The Morgan fingerprint density at radius 2 is 1.93 bits per heavy atom. The lowest BCUT2D eigenvalue weighted by Gasteiger charge is -2.27. The largest absolute Gasteiger partial charge is 0.335 e. The summed E-state index contributed by atoms with van der Waals surface area (Å²) in [5.41, 5.74) is -1.03. The summed E-state index contributed by atoms with van der Waals surface area (Å²) in [6.07, 6.45) is 0.357. The Labute approximate surface area is 175 Å². The van der Waals surface area contributed by atoms with Crippen LogP contribution in [-0.4, -0.2) is 63.4 Å². The number of anilines is 1. The van der Waals surface area contributed by atoms with Gasteiger partial charge in [-0.15, -0.1) is 0 Å². The second kappa shape index (κ2) is 7.24. The minimum Gasteiger partial charge on any atom is -0.335 e. The number of carbonyl (C=O) groups excluding carboxylic acids is 2. The number of carbonyl (C=O) groups is 2. The number of amides is 2. The van der Waals surface area contributed by atoms with Crippen molar-refractivity contribution in [2.75, 3.05) is 28.1 Å². The molecule has 1 aromatic carbocycles. The highest BCUT2D eigenvalue weighted by atomic mass is 35.5. The first kappa shape index (κ1) is 22.0. The number of sulfone groups is 1. The quantitative estimate of drug-likeness (QED) is 0.673. The zero-order chi connectivity index (χ0) is 21.8. The van der Waals surface area contributed by atoms with Gasteiger partial charge in [0.2, 0.25) is 15.9 Å². The molecular weight excluding hydrogens is 440 g/mol. The topological polar surface area (TPSA) is 109 Å². The van der Waals surface area contributed by atoms with E-state index in [2.05, 4.69) is 0 Å². The Hall–Kier alpha value is -1.65. The number of rotatable bonds is 4. The predicted octanol–water partition coefficient (Wildman–Crippen LogP) is 1.69. The van der Waals surface area contributed by atoms with Crippen molar-refractivity contribution in [3.8, 4) is 0 Å². The van der Waals surface area contributed by atoms with Gasteiger partial charge in [-0.25, -0.2) is 21.1 Å². The van der Waals surface area contributed by atoms with Crippen LogP contribution in [0.25, 0.3) is 0 Å². The first-order valence-electron chi connectivity index (χ1n) is 9.17. The summed E-state index contributed by atoms with van der Waals surface area (Å²) in [4.78, 5) is 27.2. The molecule has 0 bridgehead atoms. The Morgan fingerprint density at radius 3 is 2.41 bits per heavy atom. The second-order valence-electron chi connectivity index (χ2n) is 8.02. The molecule has 2 amide bonds. The number of benzene rings is 1. The maximum absolute atomic E-state index is 13.1. The SMILES string of the molecule is CCN(C(=O)c1ccc(Cl)c(N2C(=O)C(C)(C)CS2(=O)=O)c1)C1CCS(=O)(=O)C1. The van der Waals surface area contributed by atoms with E-state index < -0.39 is 43.1 Å². The molecule has 0 radical (unpaired) electrons. The number of halogens is 1. The summed E-state index contributed by atoms with van der Waals surface area (Å²) in [7, 11) is -7.10. The lowest BCUT2D eigenvalue weighted by atomic mass is 9.95. The highest BCUT2D eigenvalue weighted by molar-refractivity contribution is 7.94. The van der Waals surface area contributed by atoms with Crippen LogP contribution in [-0.2, 0) is 24.7 Å². The van der Waals surface area contributed by atoms with Crippen LogP contribution >= 0.6 is 11.6 Å². The number of sulfonamides is 1. The van der Waals surface area contributed by atoms with Crippen LogP contribution in [0, 0.1) is 5.41 Å². The van der Waals surface area contributed by atoms with E-state index in [1.165, 1.54) is 36.9 Å². The molecule has 1 atom stereocenters. The van der Waals surface area contributed by atoms with Crippen LogP contribution in [0.1, 0.15) is 37.6 Å². The summed E-state index contributed by atoms with van der Waals surface area (Å²) in [5, 5.41) is 0.0302. The first-order valence-corrected chi connectivity index (χ1v) is 13.0. The fourth-order valence-electron chi connectivity index (χ4n) is 3.80. The van der Waals surface area contributed by atoms with E-state index in [9.17, 15) is 26.4 Å². The molecule has 1 aromatic rings. The zero-order valence-electron chi connectivity index (χ0n) is 16.4. The van der Waals surface area contributed by atoms with Gasteiger partial charge in [0.1, 0.15) is 0 Å². The fraction of sp³-hybridized carbons (Fsp3) is 0.556. The van der Waals surface area contributed by atoms with Crippen molar-refractivity contribution < 1.29 is 26.4 Å². The number of hydrogen-bond acceptors (Lipinski definition) is 6. The molecule has 2 heterocycles.